The van der Waals surface area contributed by atoms with Crippen molar-refractivity contribution in [3.05, 3.63) is 12.2 Å². The standard InChI is InChI=1S/C28H46O2/c1-17(2)18(3)7-8-19(4)23-11-12-24-22-10-9-20-15-21(29)13-14-27(20,5)26(22)25(30)16-28(23,24)6/h7-8,17-24,26,29H,9-16H2,1-6H3/b8-7+/t18-,19+,20-,21+,22-,23-,24+,26-,27-,28+/m0/s1. The molecule has 0 heterocycles. The quantitative estimate of drug-likeness (QED) is 0.522. The maximum absolute atomic E-state index is 13.8. The molecule has 0 radical (unpaired) electrons. The molecule has 0 aromatic rings. The van der Waals surface area contributed by atoms with Crippen LogP contribution in [-0.4, -0.2) is 17.0 Å². The van der Waals surface area contributed by atoms with Gasteiger partial charge in [0.25, 0.3) is 0 Å². The van der Waals surface area contributed by atoms with Gasteiger partial charge in [-0.25, -0.2) is 0 Å². The molecule has 0 unspecified atom stereocenters. The molecular weight excluding hydrogens is 368 g/mol. The molecule has 4 aliphatic carbocycles. The molecule has 2 nitrogen and oxygen atoms in total. The van der Waals surface area contributed by atoms with Gasteiger partial charge in [0.1, 0.15) is 5.78 Å². The van der Waals surface area contributed by atoms with E-state index < -0.39 is 0 Å². The summed E-state index contributed by atoms with van der Waals surface area (Å²) in [6.07, 6.45) is 13.5. The van der Waals surface area contributed by atoms with Crippen molar-refractivity contribution in [2.24, 2.45) is 58.2 Å². The lowest BCUT2D eigenvalue weighted by molar-refractivity contribution is -0.162. The predicted molar refractivity (Wildman–Crippen MR) is 124 cm³/mol. The first-order chi connectivity index (χ1) is 14.1. The third-order valence-corrected chi connectivity index (χ3v) is 10.8. The summed E-state index contributed by atoms with van der Waals surface area (Å²) in [7, 11) is 0. The highest BCUT2D eigenvalue weighted by atomic mass is 16.3. The number of carbonyl (C=O) groups excluding carboxylic acids is 1. The Hall–Kier alpha value is -0.630. The molecule has 0 saturated heterocycles. The zero-order valence-electron chi connectivity index (χ0n) is 20.4. The Morgan fingerprint density at radius 1 is 0.967 bits per heavy atom. The van der Waals surface area contributed by atoms with Crippen LogP contribution in [-0.2, 0) is 4.79 Å². The van der Waals surface area contributed by atoms with Gasteiger partial charge < -0.3 is 5.11 Å². The largest absolute Gasteiger partial charge is 0.393 e. The molecule has 0 bridgehead atoms. The van der Waals surface area contributed by atoms with Gasteiger partial charge in [-0.1, -0.05) is 53.7 Å². The molecule has 2 heteroatoms. The summed E-state index contributed by atoms with van der Waals surface area (Å²) >= 11 is 0. The molecule has 4 saturated carbocycles. The molecule has 0 aromatic heterocycles. The van der Waals surface area contributed by atoms with E-state index in [0.717, 1.165) is 25.7 Å². The summed E-state index contributed by atoms with van der Waals surface area (Å²) in [5, 5.41) is 10.2. The van der Waals surface area contributed by atoms with Crippen molar-refractivity contribution in [1.29, 1.82) is 0 Å². The van der Waals surface area contributed by atoms with Crippen LogP contribution < -0.4 is 0 Å². The number of aliphatic hydroxyl groups is 1. The van der Waals surface area contributed by atoms with Crippen LogP contribution in [0.5, 0.6) is 0 Å². The highest BCUT2D eigenvalue weighted by Gasteiger charge is 2.63. The molecule has 0 spiro atoms. The number of Topliss-reactive ketones (excluding diaryl/α,β-unsaturated/α-hetero) is 1. The van der Waals surface area contributed by atoms with Gasteiger partial charge in [0.2, 0.25) is 0 Å². The number of ketones is 1. The summed E-state index contributed by atoms with van der Waals surface area (Å²) in [6.45, 7) is 14.2. The zero-order valence-corrected chi connectivity index (χ0v) is 20.4. The van der Waals surface area contributed by atoms with E-state index in [1.54, 1.807) is 0 Å². The average Bonchev–Trinajstić information content (AvgIpc) is 3.02. The number of carbonyl (C=O) groups is 1. The predicted octanol–water partition coefficient (Wildman–Crippen LogP) is 6.67. The van der Waals surface area contributed by atoms with Crippen molar-refractivity contribution < 1.29 is 9.90 Å². The van der Waals surface area contributed by atoms with Crippen molar-refractivity contribution in [2.45, 2.75) is 99.0 Å². The summed E-state index contributed by atoms with van der Waals surface area (Å²) in [4.78, 5) is 13.8. The van der Waals surface area contributed by atoms with Crippen LogP contribution in [0.15, 0.2) is 12.2 Å². The fraction of sp³-hybridized carbons (Fsp3) is 0.893. The molecule has 4 fully saturated rings. The SMILES string of the molecule is CC(C)[C@@H](C)/C=C/[C@@H](C)[C@@H]1CC[C@@H]2[C@@H]3CC[C@H]4C[C@H](O)CC[C@]4(C)[C@@H]3C(=O)C[C@@]21C. The Balaban J connectivity index is 1.56. The number of allylic oxidation sites excluding steroid dienone is 2. The lowest BCUT2D eigenvalue weighted by Crippen LogP contribution is -2.57. The summed E-state index contributed by atoms with van der Waals surface area (Å²) in [5.41, 5.74) is 0.317. The second-order valence-corrected chi connectivity index (χ2v) is 12.6. The van der Waals surface area contributed by atoms with Crippen LogP contribution in [0.1, 0.15) is 92.9 Å². The molecule has 1 N–H and O–H groups in total. The van der Waals surface area contributed by atoms with Crippen LogP contribution in [0, 0.1) is 58.2 Å². The Morgan fingerprint density at radius 3 is 2.40 bits per heavy atom. The van der Waals surface area contributed by atoms with E-state index in [1.807, 2.05) is 0 Å². The van der Waals surface area contributed by atoms with E-state index in [-0.39, 0.29) is 22.9 Å². The molecule has 0 amide bonds. The van der Waals surface area contributed by atoms with E-state index in [9.17, 15) is 9.90 Å². The van der Waals surface area contributed by atoms with E-state index in [0.29, 0.717) is 47.2 Å². The molecule has 170 valence electrons. The second kappa shape index (κ2) is 8.05. The first kappa shape index (κ1) is 22.6. The Labute approximate surface area is 185 Å². The topological polar surface area (TPSA) is 37.3 Å². The molecule has 0 aliphatic heterocycles. The van der Waals surface area contributed by atoms with Gasteiger partial charge in [-0.3, -0.25) is 4.79 Å². The van der Waals surface area contributed by atoms with Gasteiger partial charge in [0.15, 0.2) is 0 Å². The first-order valence-corrected chi connectivity index (χ1v) is 13.0. The van der Waals surface area contributed by atoms with E-state index in [2.05, 4.69) is 53.7 Å². The molecule has 0 aromatic carbocycles. The molecule has 4 aliphatic rings. The minimum absolute atomic E-state index is 0.136. The minimum Gasteiger partial charge on any atom is -0.393 e. The fourth-order valence-electron chi connectivity index (χ4n) is 8.66. The minimum atomic E-state index is -0.139. The number of fused-ring (bicyclic) bond motifs is 5. The first-order valence-electron chi connectivity index (χ1n) is 13.0. The monoisotopic (exact) mass is 414 g/mol. The second-order valence-electron chi connectivity index (χ2n) is 12.6. The maximum atomic E-state index is 13.8. The van der Waals surface area contributed by atoms with Crippen LogP contribution in [0.2, 0.25) is 0 Å². The Morgan fingerprint density at radius 2 is 1.70 bits per heavy atom. The third-order valence-electron chi connectivity index (χ3n) is 10.8. The number of rotatable bonds is 4. The Kier molecular flexibility index (Phi) is 6.06. The highest BCUT2D eigenvalue weighted by Crippen LogP contribution is 2.67. The number of aliphatic hydroxyl groups excluding tert-OH is 1. The van der Waals surface area contributed by atoms with Crippen LogP contribution in [0.4, 0.5) is 0 Å². The van der Waals surface area contributed by atoms with Crippen molar-refractivity contribution in [3.63, 3.8) is 0 Å². The van der Waals surface area contributed by atoms with E-state index >= 15 is 0 Å². The smallest absolute Gasteiger partial charge is 0.137 e. The van der Waals surface area contributed by atoms with E-state index in [4.69, 9.17) is 0 Å². The van der Waals surface area contributed by atoms with Crippen LogP contribution in [0.25, 0.3) is 0 Å². The van der Waals surface area contributed by atoms with Gasteiger partial charge >= 0.3 is 0 Å². The van der Waals surface area contributed by atoms with Crippen molar-refractivity contribution >= 4 is 5.78 Å². The van der Waals surface area contributed by atoms with Crippen molar-refractivity contribution in [1.82, 2.24) is 0 Å². The zero-order chi connectivity index (χ0) is 21.8. The van der Waals surface area contributed by atoms with Gasteiger partial charge in [-0.15, -0.1) is 0 Å². The summed E-state index contributed by atoms with van der Waals surface area (Å²) < 4.78 is 0. The average molecular weight is 415 g/mol. The third kappa shape index (κ3) is 3.54. The van der Waals surface area contributed by atoms with Gasteiger partial charge in [-0.05, 0) is 97.2 Å². The lowest BCUT2D eigenvalue weighted by atomic mass is 9.44. The molecule has 30 heavy (non-hydrogen) atoms. The lowest BCUT2D eigenvalue weighted by Gasteiger charge is -2.60. The number of hydrogen-bond acceptors (Lipinski definition) is 2. The molecule has 10 atom stereocenters. The summed E-state index contributed by atoms with van der Waals surface area (Å²) in [6, 6.07) is 0. The van der Waals surface area contributed by atoms with Crippen molar-refractivity contribution in [2.75, 3.05) is 0 Å². The Bertz CT molecular complexity index is 680. The molecule has 4 rings (SSSR count). The normalized spacial score (nSPS) is 48.3. The number of hydrogen-bond donors (Lipinski definition) is 1. The van der Waals surface area contributed by atoms with Gasteiger partial charge in [0, 0.05) is 12.3 Å². The molecular formula is C28H46O2. The highest BCUT2D eigenvalue weighted by molar-refractivity contribution is 5.84. The van der Waals surface area contributed by atoms with E-state index in [1.165, 1.54) is 25.7 Å². The maximum Gasteiger partial charge on any atom is 0.137 e. The summed E-state index contributed by atoms with van der Waals surface area (Å²) in [5.74, 6) is 5.18. The fourth-order valence-corrected chi connectivity index (χ4v) is 8.66. The van der Waals surface area contributed by atoms with Crippen LogP contribution >= 0.6 is 0 Å². The van der Waals surface area contributed by atoms with Gasteiger partial charge in [0.05, 0.1) is 6.10 Å². The van der Waals surface area contributed by atoms with Gasteiger partial charge in [-0.2, -0.15) is 0 Å². The van der Waals surface area contributed by atoms with Crippen molar-refractivity contribution in [3.8, 4) is 0 Å². The van der Waals surface area contributed by atoms with Crippen LogP contribution in [0.3, 0.4) is 0 Å².